The van der Waals surface area contributed by atoms with Crippen molar-refractivity contribution in [3.05, 3.63) is 40.8 Å². The minimum Gasteiger partial charge on any atom is -0.497 e. The molecule has 0 unspecified atom stereocenters. The molecule has 0 aliphatic carbocycles. The Morgan fingerprint density at radius 1 is 1.29 bits per heavy atom. The van der Waals surface area contributed by atoms with E-state index in [1.165, 1.54) is 6.20 Å². The van der Waals surface area contributed by atoms with E-state index in [-0.39, 0.29) is 5.28 Å². The van der Waals surface area contributed by atoms with Gasteiger partial charge in [0.25, 0.3) is 0 Å². The second-order valence-electron chi connectivity index (χ2n) is 3.19. The summed E-state index contributed by atoms with van der Waals surface area (Å²) in [4.78, 5) is 7.77. The van der Waals surface area contributed by atoms with Gasteiger partial charge in [-0.1, -0.05) is 17.7 Å². The first kappa shape index (κ1) is 12.0. The summed E-state index contributed by atoms with van der Waals surface area (Å²) in [6.45, 7) is 0. The molecule has 0 aliphatic rings. The van der Waals surface area contributed by atoms with Crippen molar-refractivity contribution in [1.82, 2.24) is 9.97 Å². The molecule has 17 heavy (non-hydrogen) atoms. The van der Waals surface area contributed by atoms with Crippen LogP contribution in [-0.2, 0) is 0 Å². The first-order valence-electron chi connectivity index (χ1n) is 4.78. The van der Waals surface area contributed by atoms with E-state index in [1.54, 1.807) is 7.11 Å². The third-order valence-corrected chi connectivity index (χ3v) is 2.51. The molecule has 0 radical (unpaired) electrons. The summed E-state index contributed by atoms with van der Waals surface area (Å²) in [7, 11) is 1.60. The van der Waals surface area contributed by atoms with Crippen LogP contribution >= 0.6 is 23.2 Å². The highest BCUT2D eigenvalue weighted by molar-refractivity contribution is 6.33. The van der Waals surface area contributed by atoms with Crippen LogP contribution in [0.5, 0.6) is 5.75 Å². The minimum absolute atomic E-state index is 0.139. The predicted octanol–water partition coefficient (Wildman–Crippen LogP) is 3.54. The van der Waals surface area contributed by atoms with Gasteiger partial charge in [0.05, 0.1) is 13.3 Å². The fourth-order valence-electron chi connectivity index (χ4n) is 1.27. The summed E-state index contributed by atoms with van der Waals surface area (Å²) >= 11 is 11.6. The van der Waals surface area contributed by atoms with E-state index >= 15 is 0 Å². The molecule has 2 aromatic rings. The van der Waals surface area contributed by atoms with Crippen LogP contribution in [0.25, 0.3) is 0 Å². The Morgan fingerprint density at radius 3 is 2.88 bits per heavy atom. The Balaban J connectivity index is 2.27. The fourth-order valence-corrected chi connectivity index (χ4v) is 1.54. The van der Waals surface area contributed by atoms with E-state index in [4.69, 9.17) is 27.9 Å². The van der Waals surface area contributed by atoms with Gasteiger partial charge in [-0.25, -0.2) is 4.98 Å². The van der Waals surface area contributed by atoms with Crippen LogP contribution in [0.3, 0.4) is 0 Å². The standard InChI is InChI=1S/C11H9Cl2N3O/c1-17-8-4-2-3-7(5-8)15-10-9(12)6-14-11(13)16-10/h2-6H,1H3,(H,14,15,16). The minimum atomic E-state index is 0.139. The molecule has 4 nitrogen and oxygen atoms in total. The maximum atomic E-state index is 5.94. The molecule has 6 heteroatoms. The van der Waals surface area contributed by atoms with Crippen molar-refractivity contribution in [2.75, 3.05) is 12.4 Å². The molecular formula is C11H9Cl2N3O. The van der Waals surface area contributed by atoms with Gasteiger partial charge >= 0.3 is 0 Å². The Bertz CT molecular complexity index is 534. The lowest BCUT2D eigenvalue weighted by Gasteiger charge is -2.08. The Hall–Kier alpha value is -1.52. The molecule has 0 saturated heterocycles. The van der Waals surface area contributed by atoms with Gasteiger partial charge in [-0.15, -0.1) is 0 Å². The molecule has 0 atom stereocenters. The second-order valence-corrected chi connectivity index (χ2v) is 3.94. The molecule has 1 aromatic carbocycles. The van der Waals surface area contributed by atoms with Crippen molar-refractivity contribution in [3.63, 3.8) is 0 Å². The molecule has 0 spiro atoms. The summed E-state index contributed by atoms with van der Waals surface area (Å²) < 4.78 is 5.11. The molecule has 0 bridgehead atoms. The summed E-state index contributed by atoms with van der Waals surface area (Å²) in [6.07, 6.45) is 1.44. The molecular weight excluding hydrogens is 261 g/mol. The number of ether oxygens (including phenoxy) is 1. The predicted molar refractivity (Wildman–Crippen MR) is 68.3 cm³/mol. The summed E-state index contributed by atoms with van der Waals surface area (Å²) in [5.41, 5.74) is 0.806. The number of methoxy groups -OCH3 is 1. The number of benzene rings is 1. The zero-order valence-corrected chi connectivity index (χ0v) is 10.5. The lowest BCUT2D eigenvalue weighted by molar-refractivity contribution is 0.415. The Morgan fingerprint density at radius 2 is 2.12 bits per heavy atom. The van der Waals surface area contributed by atoms with Crippen molar-refractivity contribution in [3.8, 4) is 5.75 Å². The first-order valence-corrected chi connectivity index (χ1v) is 5.54. The molecule has 1 aromatic heterocycles. The number of rotatable bonds is 3. The number of anilines is 2. The van der Waals surface area contributed by atoms with Crippen LogP contribution < -0.4 is 10.1 Å². The quantitative estimate of drug-likeness (QED) is 0.866. The third kappa shape index (κ3) is 2.99. The smallest absolute Gasteiger partial charge is 0.224 e. The number of nitrogens with zero attached hydrogens (tertiary/aromatic N) is 2. The van der Waals surface area contributed by atoms with E-state index in [2.05, 4.69) is 15.3 Å². The number of hydrogen-bond acceptors (Lipinski definition) is 4. The molecule has 1 heterocycles. The van der Waals surface area contributed by atoms with E-state index in [0.717, 1.165) is 11.4 Å². The molecule has 88 valence electrons. The molecule has 0 fully saturated rings. The van der Waals surface area contributed by atoms with Crippen LogP contribution in [0, 0.1) is 0 Å². The van der Waals surface area contributed by atoms with Gasteiger partial charge < -0.3 is 10.1 Å². The van der Waals surface area contributed by atoms with Crippen molar-refractivity contribution < 1.29 is 4.74 Å². The second kappa shape index (κ2) is 5.21. The largest absolute Gasteiger partial charge is 0.497 e. The highest BCUT2D eigenvalue weighted by Gasteiger charge is 2.05. The molecule has 1 N–H and O–H groups in total. The van der Waals surface area contributed by atoms with Crippen LogP contribution in [0.4, 0.5) is 11.5 Å². The zero-order chi connectivity index (χ0) is 12.3. The van der Waals surface area contributed by atoms with Crippen molar-refractivity contribution in [2.45, 2.75) is 0 Å². The van der Waals surface area contributed by atoms with Crippen LogP contribution in [-0.4, -0.2) is 17.1 Å². The maximum Gasteiger partial charge on any atom is 0.224 e. The molecule has 2 rings (SSSR count). The van der Waals surface area contributed by atoms with E-state index in [1.807, 2.05) is 24.3 Å². The molecule has 0 saturated carbocycles. The molecule has 0 aliphatic heterocycles. The lowest BCUT2D eigenvalue weighted by atomic mass is 10.3. The monoisotopic (exact) mass is 269 g/mol. The van der Waals surface area contributed by atoms with Crippen molar-refractivity contribution in [2.24, 2.45) is 0 Å². The van der Waals surface area contributed by atoms with Gasteiger partial charge in [0.2, 0.25) is 5.28 Å². The number of aromatic nitrogens is 2. The van der Waals surface area contributed by atoms with Gasteiger partial charge in [0.15, 0.2) is 5.82 Å². The maximum absolute atomic E-state index is 5.94. The third-order valence-electron chi connectivity index (χ3n) is 2.05. The van der Waals surface area contributed by atoms with E-state index in [9.17, 15) is 0 Å². The van der Waals surface area contributed by atoms with Gasteiger partial charge in [0, 0.05) is 11.8 Å². The number of hydrogen-bond donors (Lipinski definition) is 1. The first-order chi connectivity index (χ1) is 8.19. The van der Waals surface area contributed by atoms with Crippen LogP contribution in [0.1, 0.15) is 0 Å². The highest BCUT2D eigenvalue weighted by atomic mass is 35.5. The topological polar surface area (TPSA) is 47.0 Å². The van der Waals surface area contributed by atoms with Gasteiger partial charge in [-0.3, -0.25) is 0 Å². The van der Waals surface area contributed by atoms with Crippen LogP contribution in [0.15, 0.2) is 30.5 Å². The summed E-state index contributed by atoms with van der Waals surface area (Å²) in [5.74, 6) is 1.20. The van der Waals surface area contributed by atoms with Gasteiger partial charge in [0.1, 0.15) is 10.8 Å². The van der Waals surface area contributed by atoms with E-state index in [0.29, 0.717) is 10.8 Å². The summed E-state index contributed by atoms with van der Waals surface area (Å²) in [6, 6.07) is 7.40. The Kier molecular flexibility index (Phi) is 3.66. The number of nitrogens with one attached hydrogen (secondary N) is 1. The fraction of sp³-hybridized carbons (Fsp3) is 0.0909. The van der Waals surface area contributed by atoms with E-state index < -0.39 is 0 Å². The number of halogens is 2. The SMILES string of the molecule is COc1cccc(Nc2nc(Cl)ncc2Cl)c1. The van der Waals surface area contributed by atoms with Crippen molar-refractivity contribution in [1.29, 1.82) is 0 Å². The van der Waals surface area contributed by atoms with Crippen molar-refractivity contribution >= 4 is 34.7 Å². The van der Waals surface area contributed by atoms with Crippen LogP contribution in [0.2, 0.25) is 10.3 Å². The molecule has 0 amide bonds. The summed E-state index contributed by atoms with van der Waals surface area (Å²) in [5, 5.41) is 3.58. The zero-order valence-electron chi connectivity index (χ0n) is 8.95. The average Bonchev–Trinajstić information content (AvgIpc) is 2.34. The van der Waals surface area contributed by atoms with Gasteiger partial charge in [-0.2, -0.15) is 4.98 Å². The highest BCUT2D eigenvalue weighted by Crippen LogP contribution is 2.25. The Labute approximate surface area is 109 Å². The van der Waals surface area contributed by atoms with Gasteiger partial charge in [-0.05, 0) is 23.7 Å². The normalized spacial score (nSPS) is 10.1. The average molecular weight is 270 g/mol. The lowest BCUT2D eigenvalue weighted by Crippen LogP contribution is -1.96.